The zero-order valence-corrected chi connectivity index (χ0v) is 17.5. The maximum absolute atomic E-state index is 13.7. The molecule has 0 atom stereocenters. The number of rotatable bonds is 8. The van der Waals surface area contributed by atoms with E-state index in [-0.39, 0.29) is 33.1 Å². The van der Waals surface area contributed by atoms with Gasteiger partial charge in [0.15, 0.2) is 0 Å². The fourth-order valence-electron chi connectivity index (χ4n) is 2.05. The Morgan fingerprint density at radius 1 is 1.15 bits per heavy atom. The molecular weight excluding hydrogens is 444 g/mol. The first-order valence-corrected chi connectivity index (χ1v) is 11.1. The van der Waals surface area contributed by atoms with Gasteiger partial charge in [0.25, 0.3) is 0 Å². The van der Waals surface area contributed by atoms with E-state index >= 15 is 0 Å². The van der Waals surface area contributed by atoms with Crippen molar-refractivity contribution in [3.63, 3.8) is 0 Å². The number of hydrogen-bond donors (Lipinski definition) is 1. The van der Waals surface area contributed by atoms with Crippen molar-refractivity contribution < 1.29 is 17.5 Å². The van der Waals surface area contributed by atoms with Crippen molar-refractivity contribution in [2.75, 3.05) is 19.4 Å². The monoisotopic (exact) mass is 457 g/mol. The van der Waals surface area contributed by atoms with Crippen LogP contribution in [-0.2, 0) is 15.8 Å². The summed E-state index contributed by atoms with van der Waals surface area (Å²) in [5.41, 5.74) is 0.395. The highest BCUT2D eigenvalue weighted by Crippen LogP contribution is 2.36. The van der Waals surface area contributed by atoms with Gasteiger partial charge in [-0.2, -0.15) is 11.8 Å². The molecule has 0 radical (unpaired) electrons. The average molecular weight is 459 g/mol. The molecular formula is C16H15Cl3FNO3S2. The molecule has 4 nitrogen and oxygen atoms in total. The zero-order chi connectivity index (χ0) is 19.3. The van der Waals surface area contributed by atoms with E-state index in [0.29, 0.717) is 22.1 Å². The second kappa shape index (κ2) is 9.48. The third-order valence-corrected chi connectivity index (χ3v) is 7.19. The number of thioether (sulfide) groups is 1. The molecule has 0 heterocycles. The standard InChI is InChI=1S/C16H15Cl3FNO3S2/c1-24-13-5-6-14(16(19)15(13)18)26(22,23)21-7-8-25-9-10-11(17)3-2-4-12(10)20/h2-6,21H,7-9H2,1H3. The lowest BCUT2D eigenvalue weighted by Gasteiger charge is -2.11. The van der Waals surface area contributed by atoms with E-state index in [9.17, 15) is 12.8 Å². The summed E-state index contributed by atoms with van der Waals surface area (Å²) in [7, 11) is -2.43. The summed E-state index contributed by atoms with van der Waals surface area (Å²) >= 11 is 19.3. The van der Waals surface area contributed by atoms with Gasteiger partial charge in [-0.05, 0) is 24.3 Å². The summed E-state index contributed by atoms with van der Waals surface area (Å²) < 4.78 is 45.8. The van der Waals surface area contributed by atoms with Gasteiger partial charge >= 0.3 is 0 Å². The van der Waals surface area contributed by atoms with Gasteiger partial charge in [0.1, 0.15) is 21.5 Å². The molecule has 0 aliphatic heterocycles. The van der Waals surface area contributed by atoms with E-state index < -0.39 is 10.0 Å². The summed E-state index contributed by atoms with van der Waals surface area (Å²) in [6.45, 7) is 0.138. The van der Waals surface area contributed by atoms with Crippen molar-refractivity contribution in [2.24, 2.45) is 0 Å². The Bertz CT molecular complexity index is 874. The topological polar surface area (TPSA) is 55.4 Å². The fraction of sp³-hybridized carbons (Fsp3) is 0.250. The first kappa shape index (κ1) is 21.6. The Morgan fingerprint density at radius 2 is 1.88 bits per heavy atom. The van der Waals surface area contributed by atoms with Crippen LogP contribution in [0.5, 0.6) is 5.75 Å². The van der Waals surface area contributed by atoms with E-state index in [1.807, 2.05) is 0 Å². The molecule has 0 aliphatic rings. The summed E-state index contributed by atoms with van der Waals surface area (Å²) in [6.07, 6.45) is 0. The highest BCUT2D eigenvalue weighted by Gasteiger charge is 2.21. The van der Waals surface area contributed by atoms with Crippen LogP contribution in [0, 0.1) is 5.82 Å². The molecule has 0 aliphatic carbocycles. The Labute approximate surface area is 171 Å². The Morgan fingerprint density at radius 3 is 2.54 bits per heavy atom. The number of ether oxygens (including phenoxy) is 1. The maximum atomic E-state index is 13.7. The van der Waals surface area contributed by atoms with Gasteiger partial charge in [-0.25, -0.2) is 17.5 Å². The quantitative estimate of drug-likeness (QED) is 0.565. The Hall–Kier alpha value is -0.700. The average Bonchev–Trinajstić information content (AvgIpc) is 2.59. The molecule has 2 aromatic carbocycles. The molecule has 0 unspecified atom stereocenters. The lowest BCUT2D eigenvalue weighted by atomic mass is 10.2. The molecule has 26 heavy (non-hydrogen) atoms. The maximum Gasteiger partial charge on any atom is 0.242 e. The fourth-order valence-corrected chi connectivity index (χ4v) is 5.25. The van der Waals surface area contributed by atoms with Crippen LogP contribution in [0.25, 0.3) is 0 Å². The number of hydrogen-bond acceptors (Lipinski definition) is 4. The molecule has 0 saturated carbocycles. The van der Waals surface area contributed by atoms with Crippen LogP contribution in [-0.4, -0.2) is 27.8 Å². The van der Waals surface area contributed by atoms with E-state index in [4.69, 9.17) is 39.5 Å². The Balaban J connectivity index is 1.94. The van der Waals surface area contributed by atoms with Crippen LogP contribution in [0.1, 0.15) is 5.56 Å². The predicted molar refractivity (Wildman–Crippen MR) is 106 cm³/mol. The molecule has 0 spiro atoms. The largest absolute Gasteiger partial charge is 0.495 e. The summed E-state index contributed by atoms with van der Waals surface area (Å²) in [5, 5.41) is 0.266. The number of sulfonamides is 1. The summed E-state index contributed by atoms with van der Waals surface area (Å²) in [4.78, 5) is -0.132. The zero-order valence-electron chi connectivity index (χ0n) is 13.6. The molecule has 142 valence electrons. The molecule has 2 aromatic rings. The van der Waals surface area contributed by atoms with Crippen molar-refractivity contribution in [3.05, 3.63) is 56.8 Å². The lowest BCUT2D eigenvalue weighted by Crippen LogP contribution is -2.26. The minimum atomic E-state index is -3.84. The van der Waals surface area contributed by atoms with Crippen LogP contribution >= 0.6 is 46.6 Å². The Kier molecular flexibility index (Phi) is 7.88. The second-order valence-electron chi connectivity index (χ2n) is 5.04. The molecule has 10 heteroatoms. The van der Waals surface area contributed by atoms with Crippen LogP contribution < -0.4 is 9.46 Å². The first-order valence-electron chi connectivity index (χ1n) is 7.30. The summed E-state index contributed by atoms with van der Waals surface area (Å²) in [5.74, 6) is 0.659. The van der Waals surface area contributed by atoms with Gasteiger partial charge in [-0.3, -0.25) is 0 Å². The highest BCUT2D eigenvalue weighted by atomic mass is 35.5. The van der Waals surface area contributed by atoms with Crippen molar-refractivity contribution in [1.82, 2.24) is 4.72 Å². The van der Waals surface area contributed by atoms with Gasteiger partial charge in [-0.1, -0.05) is 40.9 Å². The third kappa shape index (κ3) is 5.18. The summed E-state index contributed by atoms with van der Waals surface area (Å²) in [6, 6.07) is 7.22. The van der Waals surface area contributed by atoms with E-state index in [0.717, 1.165) is 0 Å². The normalized spacial score (nSPS) is 11.6. The number of nitrogens with one attached hydrogen (secondary N) is 1. The van der Waals surface area contributed by atoms with Crippen LogP contribution in [0.3, 0.4) is 0 Å². The van der Waals surface area contributed by atoms with Gasteiger partial charge in [0.05, 0.1) is 12.1 Å². The van der Waals surface area contributed by atoms with Gasteiger partial charge in [0.2, 0.25) is 10.0 Å². The minimum absolute atomic E-state index is 0.0283. The van der Waals surface area contributed by atoms with Crippen LogP contribution in [0.4, 0.5) is 4.39 Å². The van der Waals surface area contributed by atoms with Crippen molar-refractivity contribution in [2.45, 2.75) is 10.6 Å². The van der Waals surface area contributed by atoms with Crippen LogP contribution in [0.15, 0.2) is 35.2 Å². The van der Waals surface area contributed by atoms with Gasteiger partial charge < -0.3 is 4.74 Å². The highest BCUT2D eigenvalue weighted by molar-refractivity contribution is 7.98. The lowest BCUT2D eigenvalue weighted by molar-refractivity contribution is 0.414. The number of halogens is 4. The number of methoxy groups -OCH3 is 1. The minimum Gasteiger partial charge on any atom is -0.495 e. The molecule has 0 saturated heterocycles. The van der Waals surface area contributed by atoms with Crippen molar-refractivity contribution in [3.8, 4) is 5.75 Å². The van der Waals surface area contributed by atoms with Crippen molar-refractivity contribution >= 4 is 56.6 Å². The van der Waals surface area contributed by atoms with Crippen molar-refractivity contribution in [1.29, 1.82) is 0 Å². The van der Waals surface area contributed by atoms with E-state index in [1.54, 1.807) is 6.07 Å². The SMILES string of the molecule is COc1ccc(S(=O)(=O)NCCSCc2c(F)cccc2Cl)c(Cl)c1Cl. The molecule has 0 aromatic heterocycles. The second-order valence-corrected chi connectivity index (χ2v) is 9.05. The molecule has 1 N–H and O–H groups in total. The molecule has 0 fully saturated rings. The van der Waals surface area contributed by atoms with E-state index in [2.05, 4.69) is 4.72 Å². The molecule has 0 amide bonds. The number of benzene rings is 2. The van der Waals surface area contributed by atoms with E-state index in [1.165, 1.54) is 43.1 Å². The first-order chi connectivity index (χ1) is 12.3. The van der Waals surface area contributed by atoms with Gasteiger partial charge in [0, 0.05) is 28.6 Å². The predicted octanol–water partition coefficient (Wildman–Crippen LogP) is 5.01. The molecule has 0 bridgehead atoms. The van der Waals surface area contributed by atoms with Gasteiger partial charge in [-0.15, -0.1) is 0 Å². The third-order valence-electron chi connectivity index (χ3n) is 3.37. The van der Waals surface area contributed by atoms with Crippen LogP contribution in [0.2, 0.25) is 15.1 Å². The smallest absolute Gasteiger partial charge is 0.242 e. The molecule has 2 rings (SSSR count).